The molecule has 7 nitrogen and oxygen atoms in total. The Morgan fingerprint density at radius 2 is 1.86 bits per heavy atom. The lowest BCUT2D eigenvalue weighted by Gasteiger charge is -2.25. The molecule has 0 amide bonds. The molecule has 8 heteroatoms. The normalized spacial score (nSPS) is 13.3. The quantitative estimate of drug-likeness (QED) is 0.422. The Morgan fingerprint density at radius 1 is 1.17 bits per heavy atom. The molecule has 0 atom stereocenters. The highest BCUT2D eigenvalue weighted by Gasteiger charge is 2.20. The van der Waals surface area contributed by atoms with E-state index in [1.165, 1.54) is 5.56 Å². The molecule has 1 aliphatic rings. The molecule has 0 radical (unpaired) electrons. The maximum atomic E-state index is 12.9. The molecule has 1 N–H and O–H groups in total. The molecule has 1 aliphatic heterocycles. The number of nitrogens with zero attached hydrogens (tertiary/aromatic N) is 2. The van der Waals surface area contributed by atoms with Crippen molar-refractivity contribution < 1.29 is 17.9 Å². The van der Waals surface area contributed by atoms with Crippen LogP contribution in [0.15, 0.2) is 58.6 Å². The minimum Gasteiger partial charge on any atom is -0.497 e. The number of aliphatic imine (C=N–C) groups is 1. The van der Waals surface area contributed by atoms with Gasteiger partial charge in [0.25, 0.3) is 0 Å². The van der Waals surface area contributed by atoms with E-state index in [9.17, 15) is 8.42 Å². The van der Waals surface area contributed by atoms with Gasteiger partial charge in [-0.25, -0.2) is 8.42 Å². The van der Waals surface area contributed by atoms with Crippen LogP contribution in [-0.2, 0) is 21.1 Å². The van der Waals surface area contributed by atoms with Gasteiger partial charge in [0.15, 0.2) is 9.84 Å². The molecule has 190 valence electrons. The van der Waals surface area contributed by atoms with Crippen LogP contribution in [0.3, 0.4) is 0 Å². The number of rotatable bonds is 13. The van der Waals surface area contributed by atoms with E-state index < -0.39 is 9.84 Å². The Kier molecular flexibility index (Phi) is 9.34. The van der Waals surface area contributed by atoms with Crippen LogP contribution < -0.4 is 10.1 Å². The van der Waals surface area contributed by atoms with Crippen LogP contribution in [0.1, 0.15) is 35.6 Å². The highest BCUT2D eigenvalue weighted by atomic mass is 32.2. The van der Waals surface area contributed by atoms with Gasteiger partial charge in [-0.1, -0.05) is 30.8 Å². The predicted octanol–water partition coefficient (Wildman–Crippen LogP) is 3.88. The van der Waals surface area contributed by atoms with Gasteiger partial charge in [-0.05, 0) is 56.0 Å². The van der Waals surface area contributed by atoms with Gasteiger partial charge in [-0.2, -0.15) is 0 Å². The fourth-order valence-electron chi connectivity index (χ4n) is 4.28. The number of hydrogen-bond acceptors (Lipinski definition) is 7. The molecule has 1 heterocycles. The Balaban J connectivity index is 1.46. The monoisotopic (exact) mass is 499 g/mol. The van der Waals surface area contributed by atoms with Crippen molar-refractivity contribution in [1.82, 2.24) is 10.2 Å². The average Bonchev–Trinajstić information content (AvgIpc) is 3.36. The Bertz CT molecular complexity index is 1130. The highest BCUT2D eigenvalue weighted by Crippen LogP contribution is 2.27. The van der Waals surface area contributed by atoms with Crippen LogP contribution in [0.25, 0.3) is 0 Å². The van der Waals surface area contributed by atoms with Crippen molar-refractivity contribution in [3.8, 4) is 5.75 Å². The van der Waals surface area contributed by atoms with Crippen LogP contribution in [0.2, 0.25) is 0 Å². The first-order valence-corrected chi connectivity index (χ1v) is 13.7. The summed E-state index contributed by atoms with van der Waals surface area (Å²) in [6.45, 7) is 13.9. The summed E-state index contributed by atoms with van der Waals surface area (Å²) in [5, 5.41) is 3.29. The molecule has 0 saturated carbocycles. The number of aryl methyl sites for hydroxylation is 2. The zero-order valence-corrected chi connectivity index (χ0v) is 22.1. The molecule has 3 rings (SSSR count). The van der Waals surface area contributed by atoms with Gasteiger partial charge in [0, 0.05) is 37.5 Å². The van der Waals surface area contributed by atoms with Crippen molar-refractivity contribution in [2.45, 2.75) is 38.6 Å². The molecule has 0 bridgehead atoms. The molecular weight excluding hydrogens is 462 g/mol. The number of benzene rings is 2. The van der Waals surface area contributed by atoms with Crippen LogP contribution in [0, 0.1) is 13.8 Å². The smallest absolute Gasteiger partial charge is 0.178 e. The van der Waals surface area contributed by atoms with Gasteiger partial charge in [-0.3, -0.25) is 4.99 Å². The highest BCUT2D eigenvalue weighted by molar-refractivity contribution is 7.91. The Hall–Kier alpha value is -2.84. The van der Waals surface area contributed by atoms with Gasteiger partial charge in [0.05, 0.1) is 30.9 Å². The van der Waals surface area contributed by atoms with Crippen molar-refractivity contribution in [2.24, 2.45) is 4.99 Å². The lowest BCUT2D eigenvalue weighted by molar-refractivity contribution is 0.134. The van der Waals surface area contributed by atoms with Crippen molar-refractivity contribution in [1.29, 1.82) is 0 Å². The summed E-state index contributed by atoms with van der Waals surface area (Å²) < 4.78 is 36.8. The SMILES string of the molecule is C=C(COCCCS(=O)(=O)c1c(C)cc(OC)cc1C)N(CC)Cc1ccc(C2=NCCN2)cc1. The second-order valence-corrected chi connectivity index (χ2v) is 10.8. The number of methoxy groups -OCH3 is 1. The molecule has 0 aliphatic carbocycles. The summed E-state index contributed by atoms with van der Waals surface area (Å²) >= 11 is 0. The standard InChI is InChI=1S/C27H37N3O4S/c1-6-30(18-23-8-10-24(11-9-23)27-28-12-13-29-27)22(4)19-34-14-7-15-35(31,32)26-20(2)16-25(33-5)17-21(26)3/h8-11,16-17H,4,6-7,12-15,18-19H2,1-3,5H3,(H,28,29). The van der Waals surface area contributed by atoms with E-state index in [1.807, 2.05) is 0 Å². The summed E-state index contributed by atoms with van der Waals surface area (Å²) in [5.74, 6) is 1.66. The van der Waals surface area contributed by atoms with Crippen molar-refractivity contribution in [3.63, 3.8) is 0 Å². The Labute approximate surface area is 209 Å². The molecular formula is C27H37N3O4S. The maximum absolute atomic E-state index is 12.9. The van der Waals surface area contributed by atoms with E-state index in [0.717, 1.165) is 43.3 Å². The maximum Gasteiger partial charge on any atom is 0.178 e. The third-order valence-electron chi connectivity index (χ3n) is 6.05. The lowest BCUT2D eigenvalue weighted by Crippen LogP contribution is -2.25. The van der Waals surface area contributed by atoms with E-state index in [4.69, 9.17) is 9.47 Å². The predicted molar refractivity (Wildman–Crippen MR) is 141 cm³/mol. The summed E-state index contributed by atoms with van der Waals surface area (Å²) in [4.78, 5) is 7.02. The average molecular weight is 500 g/mol. The summed E-state index contributed by atoms with van der Waals surface area (Å²) in [7, 11) is -1.82. The third-order valence-corrected chi connectivity index (χ3v) is 8.15. The van der Waals surface area contributed by atoms with Crippen molar-refractivity contribution >= 4 is 15.7 Å². The summed E-state index contributed by atoms with van der Waals surface area (Å²) in [5.41, 5.74) is 4.58. The largest absolute Gasteiger partial charge is 0.497 e. The minimum absolute atomic E-state index is 0.0392. The molecule has 0 saturated heterocycles. The number of amidine groups is 1. The molecule has 0 spiro atoms. The summed E-state index contributed by atoms with van der Waals surface area (Å²) in [6.07, 6.45) is 0.423. The second kappa shape index (κ2) is 12.2. The first-order chi connectivity index (χ1) is 16.7. The van der Waals surface area contributed by atoms with Gasteiger partial charge in [0.2, 0.25) is 0 Å². The van der Waals surface area contributed by atoms with E-state index in [1.54, 1.807) is 33.1 Å². The van der Waals surface area contributed by atoms with Crippen LogP contribution in [-0.4, -0.2) is 64.9 Å². The Morgan fingerprint density at radius 3 is 2.43 bits per heavy atom. The first kappa shape index (κ1) is 26.8. The fraction of sp³-hybridized carbons (Fsp3) is 0.444. The number of sulfone groups is 1. The second-order valence-electron chi connectivity index (χ2n) is 8.75. The van der Waals surface area contributed by atoms with Gasteiger partial charge < -0.3 is 19.7 Å². The molecule has 2 aromatic carbocycles. The van der Waals surface area contributed by atoms with E-state index in [2.05, 4.69) is 53.0 Å². The lowest BCUT2D eigenvalue weighted by atomic mass is 10.1. The van der Waals surface area contributed by atoms with Crippen molar-refractivity contribution in [3.05, 3.63) is 70.9 Å². The zero-order chi connectivity index (χ0) is 25.4. The number of hydrogen-bond donors (Lipinski definition) is 1. The van der Waals surface area contributed by atoms with Gasteiger partial charge in [0.1, 0.15) is 11.6 Å². The summed E-state index contributed by atoms with van der Waals surface area (Å²) in [6, 6.07) is 11.9. The first-order valence-electron chi connectivity index (χ1n) is 12.0. The van der Waals surface area contributed by atoms with Crippen LogP contribution in [0.4, 0.5) is 0 Å². The zero-order valence-electron chi connectivity index (χ0n) is 21.3. The minimum atomic E-state index is -3.40. The van der Waals surface area contributed by atoms with E-state index in [0.29, 0.717) is 41.4 Å². The topological polar surface area (TPSA) is 80.2 Å². The number of nitrogens with one attached hydrogen (secondary N) is 1. The molecule has 0 aromatic heterocycles. The molecule has 0 fully saturated rings. The molecule has 2 aromatic rings. The number of ether oxygens (including phenoxy) is 2. The van der Waals surface area contributed by atoms with Crippen LogP contribution >= 0.6 is 0 Å². The van der Waals surface area contributed by atoms with Gasteiger partial charge in [-0.15, -0.1) is 0 Å². The number of likely N-dealkylation sites (N-methyl/N-ethyl adjacent to an activating group) is 1. The fourth-order valence-corrected chi connectivity index (χ4v) is 6.08. The third kappa shape index (κ3) is 7.08. The van der Waals surface area contributed by atoms with Crippen LogP contribution in [0.5, 0.6) is 5.75 Å². The van der Waals surface area contributed by atoms with E-state index >= 15 is 0 Å². The van der Waals surface area contributed by atoms with Crippen molar-refractivity contribution in [2.75, 3.05) is 45.7 Å². The van der Waals surface area contributed by atoms with E-state index in [-0.39, 0.29) is 5.75 Å². The van der Waals surface area contributed by atoms with Gasteiger partial charge >= 0.3 is 0 Å². The molecule has 0 unspecified atom stereocenters. The molecule has 35 heavy (non-hydrogen) atoms.